The van der Waals surface area contributed by atoms with E-state index in [1.165, 1.54) is 18.2 Å². The molecule has 0 aliphatic heterocycles. The molecule has 0 fully saturated rings. The van der Waals surface area contributed by atoms with Crippen LogP contribution < -0.4 is 0 Å². The largest absolute Gasteiger partial charge is 0.442 e. The summed E-state index contributed by atoms with van der Waals surface area (Å²) in [6.07, 6.45) is 7.75. The van der Waals surface area contributed by atoms with Gasteiger partial charge in [0.25, 0.3) is 5.89 Å². The lowest BCUT2D eigenvalue weighted by Gasteiger charge is -2.01. The first kappa shape index (κ1) is 18.5. The number of nitrogens with zero attached hydrogens (tertiary/aromatic N) is 1. The molecule has 0 saturated heterocycles. The summed E-state index contributed by atoms with van der Waals surface area (Å²) in [7, 11) is 0. The third-order valence-corrected chi connectivity index (χ3v) is 3.32. The number of Topliss-reactive ketones (excluding diaryl/α,β-unsaturated/α-hetero) is 1. The Labute approximate surface area is 135 Å². The Kier molecular flexibility index (Phi) is 8.94. The van der Waals surface area contributed by atoms with Gasteiger partial charge in [-0.25, -0.2) is 4.98 Å². The molecule has 0 unspecified atom stereocenters. The molecule has 0 aliphatic rings. The minimum Gasteiger partial charge on any atom is -0.442 e. The summed E-state index contributed by atoms with van der Waals surface area (Å²) in [5, 5.41) is 0. The van der Waals surface area contributed by atoms with Crippen LogP contribution in [0.4, 0.5) is 0 Å². The number of benzene rings is 1. The lowest BCUT2D eigenvalue weighted by atomic mass is 10.0. The predicted molar refractivity (Wildman–Crippen MR) is 83.8 cm³/mol. The van der Waals surface area contributed by atoms with Gasteiger partial charge in [-0.3, -0.25) is 4.79 Å². The van der Waals surface area contributed by atoms with E-state index in [1.807, 2.05) is 13.0 Å². The SMILES string of the molecule is Cc1coc(C(=O)CCCCCCc2ccccc2)n1.O=C=O. The molecule has 122 valence electrons. The van der Waals surface area contributed by atoms with Crippen LogP contribution in [0.25, 0.3) is 0 Å². The van der Waals surface area contributed by atoms with E-state index >= 15 is 0 Å². The van der Waals surface area contributed by atoms with E-state index in [2.05, 4.69) is 29.2 Å². The van der Waals surface area contributed by atoms with Crippen molar-refractivity contribution in [3.63, 3.8) is 0 Å². The van der Waals surface area contributed by atoms with Crippen molar-refractivity contribution >= 4 is 11.9 Å². The number of aryl methyl sites for hydroxylation is 2. The number of hydrogen-bond donors (Lipinski definition) is 0. The summed E-state index contributed by atoms with van der Waals surface area (Å²) >= 11 is 0. The van der Waals surface area contributed by atoms with Gasteiger partial charge < -0.3 is 4.42 Å². The molecule has 5 heteroatoms. The molecule has 0 atom stereocenters. The van der Waals surface area contributed by atoms with Crippen molar-refractivity contribution in [1.29, 1.82) is 0 Å². The van der Waals surface area contributed by atoms with Gasteiger partial charge in [-0.2, -0.15) is 9.59 Å². The molecule has 1 aromatic carbocycles. The molecule has 2 rings (SSSR count). The fourth-order valence-corrected chi connectivity index (χ4v) is 2.20. The topological polar surface area (TPSA) is 77.2 Å². The van der Waals surface area contributed by atoms with Crippen LogP contribution in [0.15, 0.2) is 41.0 Å². The highest BCUT2D eigenvalue weighted by Gasteiger charge is 2.11. The van der Waals surface area contributed by atoms with Gasteiger partial charge in [-0.1, -0.05) is 43.2 Å². The first-order valence-corrected chi connectivity index (χ1v) is 7.66. The predicted octanol–water partition coefficient (Wildman–Crippen LogP) is 3.78. The number of rotatable bonds is 8. The zero-order valence-corrected chi connectivity index (χ0v) is 13.3. The Balaban J connectivity index is 0.000000816. The summed E-state index contributed by atoms with van der Waals surface area (Å²) in [4.78, 5) is 32.1. The van der Waals surface area contributed by atoms with Crippen molar-refractivity contribution in [2.45, 2.75) is 45.4 Å². The monoisotopic (exact) mass is 315 g/mol. The third kappa shape index (κ3) is 7.88. The molecule has 0 saturated carbocycles. The standard InChI is InChI=1S/C17H21NO2.CO2/c1-14-13-20-17(18-14)16(19)12-8-3-2-5-9-15-10-6-4-7-11-15;2-1-3/h4,6-7,10-11,13H,2-3,5,8-9,12H2,1H3;. The first-order valence-electron chi connectivity index (χ1n) is 7.66. The van der Waals surface area contributed by atoms with E-state index in [9.17, 15) is 4.79 Å². The number of carbonyl (C=O) groups is 1. The number of oxazole rings is 1. The summed E-state index contributed by atoms with van der Waals surface area (Å²) in [5.41, 5.74) is 2.15. The van der Waals surface area contributed by atoms with E-state index in [1.54, 1.807) is 0 Å². The number of aromatic nitrogens is 1. The summed E-state index contributed by atoms with van der Waals surface area (Å²) < 4.78 is 5.10. The van der Waals surface area contributed by atoms with Crippen molar-refractivity contribution < 1.29 is 18.8 Å². The van der Waals surface area contributed by atoms with Crippen molar-refractivity contribution in [3.05, 3.63) is 53.7 Å². The van der Waals surface area contributed by atoms with Crippen LogP contribution in [0.1, 0.15) is 54.0 Å². The zero-order valence-electron chi connectivity index (χ0n) is 13.3. The second-order valence-electron chi connectivity index (χ2n) is 5.20. The van der Waals surface area contributed by atoms with Crippen LogP contribution in [0.2, 0.25) is 0 Å². The molecule has 0 spiro atoms. The molecule has 1 aromatic heterocycles. The van der Waals surface area contributed by atoms with Crippen LogP contribution in [-0.4, -0.2) is 16.9 Å². The quantitative estimate of drug-likeness (QED) is 0.547. The molecular formula is C18H21NO4. The maximum absolute atomic E-state index is 11.8. The Bertz CT molecular complexity index is 613. The second-order valence-corrected chi connectivity index (χ2v) is 5.20. The van der Waals surface area contributed by atoms with Gasteiger partial charge in [0.2, 0.25) is 5.78 Å². The fraction of sp³-hybridized carbons (Fsp3) is 0.389. The zero-order chi connectivity index (χ0) is 16.9. The van der Waals surface area contributed by atoms with Crippen LogP contribution in [-0.2, 0) is 16.0 Å². The first-order chi connectivity index (χ1) is 11.2. The summed E-state index contributed by atoms with van der Waals surface area (Å²) in [5.74, 6) is 0.271. The number of carbonyl (C=O) groups excluding carboxylic acids is 3. The number of ketones is 1. The molecule has 0 aliphatic carbocycles. The second kappa shape index (κ2) is 11.1. The van der Waals surface area contributed by atoms with Gasteiger partial charge >= 0.3 is 6.15 Å². The average molecular weight is 315 g/mol. The van der Waals surface area contributed by atoms with Gasteiger partial charge in [-0.15, -0.1) is 0 Å². The van der Waals surface area contributed by atoms with E-state index in [0.717, 1.165) is 31.4 Å². The average Bonchev–Trinajstić information content (AvgIpc) is 2.99. The Hall–Kier alpha value is -2.52. The Morgan fingerprint density at radius 1 is 1.09 bits per heavy atom. The molecule has 0 N–H and O–H groups in total. The minimum absolute atomic E-state index is 0.0150. The van der Waals surface area contributed by atoms with Crippen LogP contribution >= 0.6 is 0 Å². The fourth-order valence-electron chi connectivity index (χ4n) is 2.20. The lowest BCUT2D eigenvalue weighted by Crippen LogP contribution is -1.99. The maximum atomic E-state index is 11.8. The highest BCUT2D eigenvalue weighted by atomic mass is 16.3. The molecule has 5 nitrogen and oxygen atoms in total. The smallest absolute Gasteiger partial charge is 0.373 e. The third-order valence-electron chi connectivity index (χ3n) is 3.32. The Morgan fingerprint density at radius 3 is 2.35 bits per heavy atom. The molecular weight excluding hydrogens is 294 g/mol. The molecule has 0 bridgehead atoms. The van der Waals surface area contributed by atoms with Crippen molar-refractivity contribution in [2.75, 3.05) is 0 Å². The molecule has 2 aromatic rings. The normalized spacial score (nSPS) is 9.61. The van der Waals surface area contributed by atoms with Gasteiger partial charge in [0, 0.05) is 6.42 Å². The highest BCUT2D eigenvalue weighted by molar-refractivity contribution is 5.91. The van der Waals surface area contributed by atoms with E-state index in [4.69, 9.17) is 14.0 Å². The van der Waals surface area contributed by atoms with Gasteiger partial charge in [0.15, 0.2) is 0 Å². The molecule has 23 heavy (non-hydrogen) atoms. The molecule has 0 amide bonds. The van der Waals surface area contributed by atoms with Crippen LogP contribution in [0, 0.1) is 6.92 Å². The summed E-state index contributed by atoms with van der Waals surface area (Å²) in [6, 6.07) is 10.5. The van der Waals surface area contributed by atoms with Crippen molar-refractivity contribution in [1.82, 2.24) is 4.98 Å². The minimum atomic E-state index is 0.0150. The van der Waals surface area contributed by atoms with E-state index in [-0.39, 0.29) is 17.8 Å². The van der Waals surface area contributed by atoms with Gasteiger partial charge in [0.1, 0.15) is 6.26 Å². The van der Waals surface area contributed by atoms with Crippen LogP contribution in [0.3, 0.4) is 0 Å². The Morgan fingerprint density at radius 2 is 1.74 bits per heavy atom. The van der Waals surface area contributed by atoms with E-state index in [0.29, 0.717) is 6.42 Å². The van der Waals surface area contributed by atoms with Gasteiger partial charge in [0.05, 0.1) is 5.69 Å². The van der Waals surface area contributed by atoms with Gasteiger partial charge in [-0.05, 0) is 31.7 Å². The molecule has 1 heterocycles. The van der Waals surface area contributed by atoms with E-state index < -0.39 is 0 Å². The number of hydrogen-bond acceptors (Lipinski definition) is 5. The van der Waals surface area contributed by atoms with Crippen LogP contribution in [0.5, 0.6) is 0 Å². The summed E-state index contributed by atoms with van der Waals surface area (Å²) in [6.45, 7) is 1.82. The highest BCUT2D eigenvalue weighted by Crippen LogP contribution is 2.11. The number of unbranched alkanes of at least 4 members (excludes halogenated alkanes) is 3. The lowest BCUT2D eigenvalue weighted by molar-refractivity contribution is -0.191. The van der Waals surface area contributed by atoms with Crippen molar-refractivity contribution in [3.8, 4) is 0 Å². The maximum Gasteiger partial charge on any atom is 0.373 e. The molecule has 0 radical (unpaired) electrons. The van der Waals surface area contributed by atoms with Crippen molar-refractivity contribution in [2.24, 2.45) is 0 Å².